The van der Waals surface area contributed by atoms with Gasteiger partial charge in [0.15, 0.2) is 0 Å². The molecule has 0 amide bonds. The molecule has 0 saturated heterocycles. The van der Waals surface area contributed by atoms with E-state index in [0.29, 0.717) is 12.8 Å². The molecule has 0 aromatic heterocycles. The van der Waals surface area contributed by atoms with Crippen molar-refractivity contribution in [2.45, 2.75) is 78.4 Å². The van der Waals surface area contributed by atoms with E-state index in [1.165, 1.54) is 0 Å². The SMILES string of the molecule is CCS(=O)(=O)OC(C)CCCCCCC(C)OS(=O)(=O)CC. The molecule has 0 heterocycles. The van der Waals surface area contributed by atoms with Crippen molar-refractivity contribution in [1.29, 1.82) is 0 Å². The fourth-order valence-electron chi connectivity index (χ4n) is 1.95. The van der Waals surface area contributed by atoms with Crippen molar-refractivity contribution in [3.63, 3.8) is 0 Å². The number of hydrogen-bond donors (Lipinski definition) is 0. The Labute approximate surface area is 135 Å². The van der Waals surface area contributed by atoms with Crippen LogP contribution < -0.4 is 0 Å². The van der Waals surface area contributed by atoms with Crippen molar-refractivity contribution in [2.75, 3.05) is 11.5 Å². The van der Waals surface area contributed by atoms with Gasteiger partial charge in [-0.25, -0.2) is 0 Å². The maximum Gasteiger partial charge on any atom is 0.267 e. The Morgan fingerprint density at radius 3 is 1.27 bits per heavy atom. The van der Waals surface area contributed by atoms with E-state index in [0.717, 1.165) is 25.7 Å². The summed E-state index contributed by atoms with van der Waals surface area (Å²) < 4.78 is 55.1. The first-order valence-corrected chi connectivity index (χ1v) is 11.1. The van der Waals surface area contributed by atoms with E-state index < -0.39 is 20.2 Å². The molecular weight excluding hydrogens is 328 g/mol. The van der Waals surface area contributed by atoms with Crippen LogP contribution in [0, 0.1) is 0 Å². The maximum absolute atomic E-state index is 11.3. The largest absolute Gasteiger partial charge is 0.267 e. The fourth-order valence-corrected chi connectivity index (χ4v) is 3.42. The first-order valence-electron chi connectivity index (χ1n) is 7.93. The molecule has 2 atom stereocenters. The van der Waals surface area contributed by atoms with Gasteiger partial charge in [-0.05, 0) is 40.5 Å². The Morgan fingerprint density at radius 1 is 0.682 bits per heavy atom. The molecule has 0 aromatic carbocycles. The summed E-state index contributed by atoms with van der Waals surface area (Å²) in [6, 6.07) is 0. The summed E-state index contributed by atoms with van der Waals surface area (Å²) in [5, 5.41) is 0. The highest BCUT2D eigenvalue weighted by Crippen LogP contribution is 2.14. The average Bonchev–Trinajstić information content (AvgIpc) is 2.41. The van der Waals surface area contributed by atoms with Gasteiger partial charge in [0.2, 0.25) is 0 Å². The predicted octanol–water partition coefficient (Wildman–Crippen LogP) is 2.84. The molecule has 8 heteroatoms. The molecule has 0 N–H and O–H groups in total. The lowest BCUT2D eigenvalue weighted by Gasteiger charge is -2.13. The maximum atomic E-state index is 11.3. The Bertz CT molecular complexity index is 437. The van der Waals surface area contributed by atoms with E-state index in [-0.39, 0.29) is 23.7 Å². The van der Waals surface area contributed by atoms with Gasteiger partial charge in [0, 0.05) is 0 Å². The van der Waals surface area contributed by atoms with Gasteiger partial charge in [0.25, 0.3) is 20.2 Å². The third-order valence-corrected chi connectivity index (χ3v) is 5.96. The van der Waals surface area contributed by atoms with Crippen LogP contribution in [0.25, 0.3) is 0 Å². The molecule has 0 aliphatic carbocycles. The van der Waals surface area contributed by atoms with Crippen LogP contribution in [0.2, 0.25) is 0 Å². The lowest BCUT2D eigenvalue weighted by Crippen LogP contribution is -2.17. The first kappa shape index (κ1) is 21.8. The monoisotopic (exact) mass is 358 g/mol. The van der Waals surface area contributed by atoms with Crippen molar-refractivity contribution in [3.8, 4) is 0 Å². The Hall–Kier alpha value is -0.180. The highest BCUT2D eigenvalue weighted by Gasteiger charge is 2.14. The molecule has 0 aliphatic heterocycles. The highest BCUT2D eigenvalue weighted by molar-refractivity contribution is 7.86. The van der Waals surface area contributed by atoms with Gasteiger partial charge in [-0.2, -0.15) is 16.8 Å². The van der Waals surface area contributed by atoms with Gasteiger partial charge < -0.3 is 0 Å². The Kier molecular flexibility index (Phi) is 10.5. The second kappa shape index (κ2) is 10.6. The van der Waals surface area contributed by atoms with Gasteiger partial charge in [-0.1, -0.05) is 25.7 Å². The second-order valence-corrected chi connectivity index (χ2v) is 9.27. The Balaban J connectivity index is 3.70. The second-order valence-electron chi connectivity index (χ2n) is 5.50. The third-order valence-electron chi connectivity index (χ3n) is 3.30. The zero-order valence-corrected chi connectivity index (χ0v) is 15.7. The molecule has 22 heavy (non-hydrogen) atoms. The van der Waals surface area contributed by atoms with Gasteiger partial charge in [0.1, 0.15) is 0 Å². The van der Waals surface area contributed by atoms with Crippen LogP contribution >= 0.6 is 0 Å². The number of unbranched alkanes of at least 4 members (excludes halogenated alkanes) is 3. The molecule has 0 aliphatic rings. The number of hydrogen-bond acceptors (Lipinski definition) is 6. The highest BCUT2D eigenvalue weighted by atomic mass is 32.2. The predicted molar refractivity (Wildman–Crippen MR) is 87.7 cm³/mol. The lowest BCUT2D eigenvalue weighted by atomic mass is 10.1. The standard InChI is InChI=1S/C14H30O6S2/c1-5-21(15,16)19-13(3)11-9-7-8-10-12-14(4)20-22(17,18)6-2/h13-14H,5-12H2,1-4H3. The van der Waals surface area contributed by atoms with Crippen LogP contribution in [0.4, 0.5) is 0 Å². The molecule has 0 radical (unpaired) electrons. The van der Waals surface area contributed by atoms with Gasteiger partial charge in [-0.3, -0.25) is 8.37 Å². The fraction of sp³-hybridized carbons (Fsp3) is 1.00. The molecule has 0 aromatic rings. The molecule has 0 saturated carbocycles. The van der Waals surface area contributed by atoms with Crippen molar-refractivity contribution in [1.82, 2.24) is 0 Å². The molecule has 0 rings (SSSR count). The summed E-state index contributed by atoms with van der Waals surface area (Å²) in [6.45, 7) is 6.64. The summed E-state index contributed by atoms with van der Waals surface area (Å²) in [5.41, 5.74) is 0. The van der Waals surface area contributed by atoms with Crippen LogP contribution in [0.5, 0.6) is 0 Å². The van der Waals surface area contributed by atoms with E-state index in [1.54, 1.807) is 27.7 Å². The zero-order valence-electron chi connectivity index (χ0n) is 14.1. The smallest absolute Gasteiger partial charge is 0.267 e. The van der Waals surface area contributed by atoms with E-state index >= 15 is 0 Å². The van der Waals surface area contributed by atoms with Crippen LogP contribution in [0.15, 0.2) is 0 Å². The molecule has 0 spiro atoms. The summed E-state index contributed by atoms with van der Waals surface area (Å²) in [5.74, 6) is -0.00814. The van der Waals surface area contributed by atoms with Gasteiger partial charge in [-0.15, -0.1) is 0 Å². The van der Waals surface area contributed by atoms with Gasteiger partial charge >= 0.3 is 0 Å². The number of rotatable bonds is 13. The van der Waals surface area contributed by atoms with Crippen LogP contribution in [0.1, 0.15) is 66.2 Å². The van der Waals surface area contributed by atoms with Crippen molar-refractivity contribution < 1.29 is 25.2 Å². The summed E-state index contributed by atoms with van der Waals surface area (Å²) in [4.78, 5) is 0. The molecule has 134 valence electrons. The summed E-state index contributed by atoms with van der Waals surface area (Å²) in [6.07, 6.45) is 4.54. The third kappa shape index (κ3) is 11.4. The van der Waals surface area contributed by atoms with Crippen molar-refractivity contribution in [2.24, 2.45) is 0 Å². The minimum absolute atomic E-state index is 0.00407. The zero-order chi connectivity index (χ0) is 17.2. The lowest BCUT2D eigenvalue weighted by molar-refractivity contribution is 0.207. The first-order chi connectivity index (χ1) is 10.1. The summed E-state index contributed by atoms with van der Waals surface area (Å²) in [7, 11) is -6.74. The van der Waals surface area contributed by atoms with Crippen molar-refractivity contribution in [3.05, 3.63) is 0 Å². The molecule has 6 nitrogen and oxygen atoms in total. The Morgan fingerprint density at radius 2 is 1.00 bits per heavy atom. The molecule has 0 fully saturated rings. The van der Waals surface area contributed by atoms with Crippen LogP contribution in [0.3, 0.4) is 0 Å². The minimum Gasteiger partial charge on any atom is -0.267 e. The van der Waals surface area contributed by atoms with E-state index in [2.05, 4.69) is 0 Å². The van der Waals surface area contributed by atoms with Gasteiger partial charge in [0.05, 0.1) is 23.7 Å². The van der Waals surface area contributed by atoms with E-state index in [9.17, 15) is 16.8 Å². The summed E-state index contributed by atoms with van der Waals surface area (Å²) >= 11 is 0. The average molecular weight is 359 g/mol. The molecular formula is C14H30O6S2. The normalized spacial score (nSPS) is 15.6. The minimum atomic E-state index is -3.37. The molecule has 0 bridgehead atoms. The van der Waals surface area contributed by atoms with Crippen LogP contribution in [-0.2, 0) is 28.6 Å². The quantitative estimate of drug-likeness (QED) is 0.372. The van der Waals surface area contributed by atoms with Crippen molar-refractivity contribution >= 4 is 20.2 Å². The van der Waals surface area contributed by atoms with E-state index in [4.69, 9.17) is 8.37 Å². The topological polar surface area (TPSA) is 86.7 Å². The van der Waals surface area contributed by atoms with E-state index in [1.807, 2.05) is 0 Å². The molecule has 2 unspecified atom stereocenters. The van der Waals surface area contributed by atoms with Crippen LogP contribution in [-0.4, -0.2) is 40.5 Å².